The zero-order chi connectivity index (χ0) is 16.8. The average Bonchev–Trinajstić information content (AvgIpc) is 3.00. The molecule has 0 aliphatic heterocycles. The number of hydrogen-bond acceptors (Lipinski definition) is 5. The van der Waals surface area contributed by atoms with Crippen LogP contribution in [-0.4, -0.2) is 22.0 Å². The Bertz CT molecular complexity index is 682. The largest absolute Gasteiger partial charge is 0.339 e. The van der Waals surface area contributed by atoms with Crippen molar-refractivity contribution >= 4 is 27.7 Å². The van der Waals surface area contributed by atoms with Gasteiger partial charge in [-0.25, -0.2) is 0 Å². The lowest BCUT2D eigenvalue weighted by molar-refractivity contribution is -0.121. The molecule has 23 heavy (non-hydrogen) atoms. The van der Waals surface area contributed by atoms with Crippen LogP contribution in [0.5, 0.6) is 0 Å². The summed E-state index contributed by atoms with van der Waals surface area (Å²) in [5, 5.41) is 3.82. The van der Waals surface area contributed by atoms with Gasteiger partial charge in [0.2, 0.25) is 11.8 Å². The molecule has 122 valence electrons. The van der Waals surface area contributed by atoms with Crippen LogP contribution >= 0.6 is 15.9 Å². The molecule has 0 radical (unpaired) electrons. The van der Waals surface area contributed by atoms with Gasteiger partial charge in [0.15, 0.2) is 5.82 Å². The zero-order valence-corrected chi connectivity index (χ0v) is 14.4. The molecule has 1 aromatic heterocycles. The number of amides is 2. The fraction of sp³-hybridized carbons (Fsp3) is 0.333. The van der Waals surface area contributed by atoms with E-state index in [9.17, 15) is 9.59 Å². The predicted molar refractivity (Wildman–Crippen MR) is 86.5 cm³/mol. The summed E-state index contributed by atoms with van der Waals surface area (Å²) in [6, 6.07) is 6.80. The first-order valence-electron chi connectivity index (χ1n) is 7.13. The highest BCUT2D eigenvalue weighted by Crippen LogP contribution is 2.11. The van der Waals surface area contributed by atoms with Gasteiger partial charge in [0, 0.05) is 28.8 Å². The summed E-state index contributed by atoms with van der Waals surface area (Å²) in [7, 11) is 0. The van der Waals surface area contributed by atoms with E-state index in [1.54, 1.807) is 24.3 Å². The van der Waals surface area contributed by atoms with Crippen molar-refractivity contribution < 1.29 is 14.1 Å². The van der Waals surface area contributed by atoms with Crippen LogP contribution in [0, 0.1) is 0 Å². The fourth-order valence-electron chi connectivity index (χ4n) is 1.69. The van der Waals surface area contributed by atoms with Gasteiger partial charge in [-0.2, -0.15) is 4.98 Å². The Morgan fingerprint density at radius 1 is 1.22 bits per heavy atom. The molecule has 8 heteroatoms. The van der Waals surface area contributed by atoms with Crippen molar-refractivity contribution in [3.63, 3.8) is 0 Å². The molecule has 0 aliphatic carbocycles. The number of carbonyl (C=O) groups excluding carboxylic acids is 2. The molecule has 0 saturated heterocycles. The van der Waals surface area contributed by atoms with Crippen molar-refractivity contribution in [2.75, 3.05) is 0 Å². The molecule has 0 fully saturated rings. The number of hydrogen-bond donors (Lipinski definition) is 2. The van der Waals surface area contributed by atoms with Crippen LogP contribution in [0.3, 0.4) is 0 Å². The summed E-state index contributed by atoms with van der Waals surface area (Å²) in [5.41, 5.74) is 5.16. The fourth-order valence-corrected chi connectivity index (χ4v) is 1.95. The maximum atomic E-state index is 11.8. The first-order valence-corrected chi connectivity index (χ1v) is 7.92. The van der Waals surface area contributed by atoms with E-state index in [1.807, 2.05) is 13.8 Å². The molecule has 0 aliphatic rings. The number of carbonyl (C=O) groups is 2. The van der Waals surface area contributed by atoms with Gasteiger partial charge < -0.3 is 4.52 Å². The molecule has 0 spiro atoms. The molecule has 2 amide bonds. The molecular formula is C15H17BrN4O3. The number of nitrogens with one attached hydrogen (secondary N) is 2. The standard InChI is InChI=1S/C15H17BrN4O3/c1-9(2)14-17-13(23-20-14)8-7-12(21)18-19-15(22)10-3-5-11(16)6-4-10/h3-6,9H,7-8H2,1-2H3,(H,18,21)(H,19,22). The van der Waals surface area contributed by atoms with E-state index in [0.29, 0.717) is 23.7 Å². The smallest absolute Gasteiger partial charge is 0.269 e. The highest BCUT2D eigenvalue weighted by molar-refractivity contribution is 9.10. The molecule has 0 unspecified atom stereocenters. The number of nitrogens with zero attached hydrogens (tertiary/aromatic N) is 2. The Labute approximate surface area is 141 Å². The van der Waals surface area contributed by atoms with E-state index in [0.717, 1.165) is 4.47 Å². The Hall–Kier alpha value is -2.22. The van der Waals surface area contributed by atoms with Crippen LogP contribution in [0.25, 0.3) is 0 Å². The molecule has 1 heterocycles. The van der Waals surface area contributed by atoms with Gasteiger partial charge in [-0.05, 0) is 24.3 Å². The van der Waals surface area contributed by atoms with Gasteiger partial charge in [-0.15, -0.1) is 0 Å². The molecular weight excluding hydrogens is 364 g/mol. The third kappa shape index (κ3) is 5.17. The Kier molecular flexibility index (Phi) is 5.86. The lowest BCUT2D eigenvalue weighted by atomic mass is 10.2. The van der Waals surface area contributed by atoms with Gasteiger partial charge in [0.25, 0.3) is 5.91 Å². The number of aryl methyl sites for hydroxylation is 1. The van der Waals surface area contributed by atoms with Gasteiger partial charge in [-0.1, -0.05) is 34.9 Å². The molecule has 0 bridgehead atoms. The third-order valence-corrected chi connectivity index (χ3v) is 3.52. The van der Waals surface area contributed by atoms with Crippen molar-refractivity contribution in [2.45, 2.75) is 32.6 Å². The summed E-state index contributed by atoms with van der Waals surface area (Å²) in [6.45, 7) is 3.91. The average molecular weight is 381 g/mol. The topological polar surface area (TPSA) is 97.1 Å². The molecule has 0 saturated carbocycles. The van der Waals surface area contributed by atoms with Crippen LogP contribution in [-0.2, 0) is 11.2 Å². The zero-order valence-electron chi connectivity index (χ0n) is 12.8. The highest BCUT2D eigenvalue weighted by atomic mass is 79.9. The summed E-state index contributed by atoms with van der Waals surface area (Å²) in [6.07, 6.45) is 0.458. The lowest BCUT2D eigenvalue weighted by Crippen LogP contribution is -2.41. The van der Waals surface area contributed by atoms with Gasteiger partial charge in [0.1, 0.15) is 0 Å². The second-order valence-corrected chi connectivity index (χ2v) is 6.13. The van der Waals surface area contributed by atoms with Gasteiger partial charge in [-0.3, -0.25) is 20.4 Å². The minimum absolute atomic E-state index is 0.139. The summed E-state index contributed by atoms with van der Waals surface area (Å²) < 4.78 is 5.92. The summed E-state index contributed by atoms with van der Waals surface area (Å²) >= 11 is 3.29. The van der Waals surface area contributed by atoms with Gasteiger partial charge in [0.05, 0.1) is 0 Å². The minimum Gasteiger partial charge on any atom is -0.339 e. The number of benzene rings is 1. The maximum absolute atomic E-state index is 11.8. The lowest BCUT2D eigenvalue weighted by Gasteiger charge is -2.06. The van der Waals surface area contributed by atoms with E-state index in [1.165, 1.54) is 0 Å². The second kappa shape index (κ2) is 7.87. The number of hydrazine groups is 1. The number of rotatable bonds is 5. The van der Waals surface area contributed by atoms with Crippen molar-refractivity contribution in [3.05, 3.63) is 46.0 Å². The van der Waals surface area contributed by atoms with Crippen LogP contribution in [0.2, 0.25) is 0 Å². The van der Waals surface area contributed by atoms with Crippen LogP contribution in [0.4, 0.5) is 0 Å². The first kappa shape index (κ1) is 17.1. The van der Waals surface area contributed by atoms with Crippen LogP contribution in [0.1, 0.15) is 48.3 Å². The SMILES string of the molecule is CC(C)c1noc(CCC(=O)NNC(=O)c2ccc(Br)cc2)n1. The molecule has 2 N–H and O–H groups in total. The normalized spacial score (nSPS) is 10.6. The van der Waals surface area contributed by atoms with Crippen LogP contribution < -0.4 is 10.9 Å². The monoisotopic (exact) mass is 380 g/mol. The van der Waals surface area contributed by atoms with Crippen LogP contribution in [0.15, 0.2) is 33.3 Å². The third-order valence-electron chi connectivity index (χ3n) is 2.99. The summed E-state index contributed by atoms with van der Waals surface area (Å²) in [4.78, 5) is 27.7. The molecule has 1 aromatic carbocycles. The maximum Gasteiger partial charge on any atom is 0.269 e. The Morgan fingerprint density at radius 2 is 1.91 bits per heavy atom. The van der Waals surface area contributed by atoms with E-state index in [-0.39, 0.29) is 24.2 Å². The van der Waals surface area contributed by atoms with Crippen molar-refractivity contribution in [1.29, 1.82) is 0 Å². The van der Waals surface area contributed by atoms with E-state index in [2.05, 4.69) is 36.9 Å². The Balaban J connectivity index is 1.76. The second-order valence-electron chi connectivity index (χ2n) is 5.21. The molecule has 2 rings (SSSR count). The van der Waals surface area contributed by atoms with Crippen molar-refractivity contribution in [2.24, 2.45) is 0 Å². The van der Waals surface area contributed by atoms with Gasteiger partial charge >= 0.3 is 0 Å². The van der Waals surface area contributed by atoms with Crippen molar-refractivity contribution in [3.8, 4) is 0 Å². The first-order chi connectivity index (χ1) is 11.0. The Morgan fingerprint density at radius 3 is 2.52 bits per heavy atom. The van der Waals surface area contributed by atoms with E-state index < -0.39 is 0 Å². The summed E-state index contributed by atoms with van der Waals surface area (Å²) in [5.74, 6) is 0.476. The molecule has 7 nitrogen and oxygen atoms in total. The predicted octanol–water partition coefficient (Wildman–Crippen LogP) is 2.35. The number of halogens is 1. The quantitative estimate of drug-likeness (QED) is 0.775. The van der Waals surface area contributed by atoms with E-state index >= 15 is 0 Å². The number of aromatic nitrogens is 2. The van der Waals surface area contributed by atoms with Crippen molar-refractivity contribution in [1.82, 2.24) is 21.0 Å². The molecule has 2 aromatic rings. The highest BCUT2D eigenvalue weighted by Gasteiger charge is 2.12. The minimum atomic E-state index is -0.384. The molecule has 0 atom stereocenters. The van der Waals surface area contributed by atoms with E-state index in [4.69, 9.17) is 4.52 Å².